The van der Waals surface area contributed by atoms with Crippen LogP contribution in [0.3, 0.4) is 0 Å². The lowest BCUT2D eigenvalue weighted by molar-refractivity contribution is -0.113. The van der Waals surface area contributed by atoms with Crippen molar-refractivity contribution in [3.05, 3.63) is 52.5 Å². The molecule has 0 aliphatic heterocycles. The maximum atomic E-state index is 11.9. The van der Waals surface area contributed by atoms with E-state index in [1.807, 2.05) is 49.4 Å². The summed E-state index contributed by atoms with van der Waals surface area (Å²) in [5.41, 5.74) is 8.19. The zero-order chi connectivity index (χ0) is 14.5. The molecule has 20 heavy (non-hydrogen) atoms. The highest BCUT2D eigenvalue weighted by Gasteiger charge is 2.07. The van der Waals surface area contributed by atoms with Crippen LogP contribution in [0.2, 0.25) is 0 Å². The average Bonchev–Trinajstić information content (AvgIpc) is 2.41. The molecule has 0 aliphatic rings. The Kier molecular flexibility index (Phi) is 5.09. The predicted molar refractivity (Wildman–Crippen MR) is 89.1 cm³/mol. The van der Waals surface area contributed by atoms with E-state index in [1.165, 1.54) is 11.8 Å². The van der Waals surface area contributed by atoms with E-state index in [0.717, 1.165) is 14.9 Å². The Labute approximate surface area is 131 Å². The standard InChI is InChI=1S/C15H15BrN2OS/c1-10-6-7-13(12(17)8-10)18-15(19)9-20-14-5-3-2-4-11(14)16/h2-8H,9,17H2,1H3,(H,18,19). The van der Waals surface area contributed by atoms with E-state index in [0.29, 0.717) is 17.1 Å². The van der Waals surface area contributed by atoms with Crippen molar-refractivity contribution in [1.29, 1.82) is 0 Å². The summed E-state index contributed by atoms with van der Waals surface area (Å²) in [5.74, 6) is 0.275. The fraction of sp³-hybridized carbons (Fsp3) is 0.133. The number of aryl methyl sites for hydroxylation is 1. The molecule has 3 nitrogen and oxygen atoms in total. The normalized spacial score (nSPS) is 10.3. The third-order valence-corrected chi connectivity index (χ3v) is 4.70. The lowest BCUT2D eigenvalue weighted by Gasteiger charge is -2.09. The molecule has 0 fully saturated rings. The van der Waals surface area contributed by atoms with E-state index in [-0.39, 0.29) is 5.91 Å². The van der Waals surface area contributed by atoms with Crippen molar-refractivity contribution >= 4 is 45.0 Å². The summed E-state index contributed by atoms with van der Waals surface area (Å²) in [7, 11) is 0. The van der Waals surface area contributed by atoms with Crippen LogP contribution in [0, 0.1) is 6.92 Å². The van der Waals surface area contributed by atoms with Gasteiger partial charge in [0.1, 0.15) is 0 Å². The summed E-state index contributed by atoms with van der Waals surface area (Å²) >= 11 is 4.94. The minimum absolute atomic E-state index is 0.0682. The smallest absolute Gasteiger partial charge is 0.234 e. The summed E-state index contributed by atoms with van der Waals surface area (Å²) in [4.78, 5) is 13.0. The number of nitrogens with one attached hydrogen (secondary N) is 1. The van der Waals surface area contributed by atoms with Crippen LogP contribution in [-0.4, -0.2) is 11.7 Å². The van der Waals surface area contributed by atoms with Crippen molar-refractivity contribution in [2.75, 3.05) is 16.8 Å². The molecule has 2 aromatic rings. The van der Waals surface area contributed by atoms with Gasteiger partial charge in [0, 0.05) is 9.37 Å². The third-order valence-electron chi connectivity index (χ3n) is 2.68. The highest BCUT2D eigenvalue weighted by molar-refractivity contribution is 9.10. The van der Waals surface area contributed by atoms with Crippen molar-refractivity contribution in [2.24, 2.45) is 0 Å². The number of carbonyl (C=O) groups excluding carboxylic acids is 1. The molecule has 0 aromatic heterocycles. The molecule has 0 saturated heterocycles. The monoisotopic (exact) mass is 350 g/mol. The minimum atomic E-state index is -0.0682. The van der Waals surface area contributed by atoms with Gasteiger partial charge in [-0.25, -0.2) is 0 Å². The number of amides is 1. The van der Waals surface area contributed by atoms with Crippen LogP contribution >= 0.6 is 27.7 Å². The molecule has 104 valence electrons. The molecule has 1 amide bonds. The molecule has 5 heteroatoms. The number of anilines is 2. The number of rotatable bonds is 4. The number of thioether (sulfide) groups is 1. The highest BCUT2D eigenvalue weighted by Crippen LogP contribution is 2.27. The maximum absolute atomic E-state index is 11.9. The Bertz CT molecular complexity index is 631. The van der Waals surface area contributed by atoms with Crippen LogP contribution < -0.4 is 11.1 Å². The molecule has 3 N–H and O–H groups in total. The van der Waals surface area contributed by atoms with Gasteiger partial charge in [0.25, 0.3) is 0 Å². The van der Waals surface area contributed by atoms with Gasteiger partial charge in [0.15, 0.2) is 0 Å². The van der Waals surface area contributed by atoms with Gasteiger partial charge >= 0.3 is 0 Å². The van der Waals surface area contributed by atoms with Crippen LogP contribution in [0.5, 0.6) is 0 Å². The van der Waals surface area contributed by atoms with E-state index in [4.69, 9.17) is 5.73 Å². The fourth-order valence-corrected chi connectivity index (χ4v) is 3.06. The zero-order valence-electron chi connectivity index (χ0n) is 11.0. The van der Waals surface area contributed by atoms with Gasteiger partial charge < -0.3 is 11.1 Å². The molecule has 0 aliphatic carbocycles. The second-order valence-electron chi connectivity index (χ2n) is 4.36. The molecule has 0 spiro atoms. The number of halogens is 1. The topological polar surface area (TPSA) is 55.1 Å². The van der Waals surface area contributed by atoms with Gasteiger partial charge in [-0.15, -0.1) is 11.8 Å². The first-order valence-electron chi connectivity index (χ1n) is 6.09. The molecule has 0 radical (unpaired) electrons. The Morgan fingerprint density at radius 3 is 2.75 bits per heavy atom. The van der Waals surface area contributed by atoms with E-state index in [9.17, 15) is 4.79 Å². The summed E-state index contributed by atoms with van der Waals surface area (Å²) in [6.07, 6.45) is 0. The minimum Gasteiger partial charge on any atom is -0.397 e. The van der Waals surface area contributed by atoms with Gasteiger partial charge in [-0.2, -0.15) is 0 Å². The highest BCUT2D eigenvalue weighted by atomic mass is 79.9. The van der Waals surface area contributed by atoms with Gasteiger partial charge in [-0.1, -0.05) is 18.2 Å². The van der Waals surface area contributed by atoms with Crippen molar-refractivity contribution in [3.63, 3.8) is 0 Å². The van der Waals surface area contributed by atoms with Crippen molar-refractivity contribution in [3.8, 4) is 0 Å². The van der Waals surface area contributed by atoms with Gasteiger partial charge in [0.2, 0.25) is 5.91 Å². The van der Waals surface area contributed by atoms with Crippen LogP contribution in [-0.2, 0) is 4.79 Å². The molecule has 0 atom stereocenters. The Hall–Kier alpha value is -1.46. The Morgan fingerprint density at radius 1 is 1.30 bits per heavy atom. The van der Waals surface area contributed by atoms with Crippen LogP contribution in [0.1, 0.15) is 5.56 Å². The first-order chi connectivity index (χ1) is 9.56. The number of hydrogen-bond acceptors (Lipinski definition) is 3. The van der Waals surface area contributed by atoms with Gasteiger partial charge in [-0.05, 0) is 52.7 Å². The van der Waals surface area contributed by atoms with Crippen molar-refractivity contribution in [2.45, 2.75) is 11.8 Å². The number of nitrogen functional groups attached to an aromatic ring is 1. The SMILES string of the molecule is Cc1ccc(NC(=O)CSc2ccccc2Br)c(N)c1. The molecular formula is C15H15BrN2OS. The molecule has 0 unspecified atom stereocenters. The third kappa shape index (κ3) is 4.02. The number of benzene rings is 2. The molecule has 0 bridgehead atoms. The second kappa shape index (κ2) is 6.81. The van der Waals surface area contributed by atoms with Gasteiger partial charge in [-0.3, -0.25) is 4.79 Å². The van der Waals surface area contributed by atoms with Crippen LogP contribution in [0.15, 0.2) is 51.8 Å². The Balaban J connectivity index is 1.94. The largest absolute Gasteiger partial charge is 0.397 e. The quantitative estimate of drug-likeness (QED) is 0.645. The molecule has 0 heterocycles. The Morgan fingerprint density at radius 2 is 2.05 bits per heavy atom. The summed E-state index contributed by atoms with van der Waals surface area (Å²) < 4.78 is 0.993. The van der Waals surface area contributed by atoms with Crippen molar-refractivity contribution in [1.82, 2.24) is 0 Å². The van der Waals surface area contributed by atoms with E-state index >= 15 is 0 Å². The molecule has 2 rings (SSSR count). The fourth-order valence-electron chi connectivity index (χ4n) is 1.69. The summed E-state index contributed by atoms with van der Waals surface area (Å²) in [6.45, 7) is 1.96. The lowest BCUT2D eigenvalue weighted by atomic mass is 10.2. The predicted octanol–water partition coefficient (Wildman–Crippen LogP) is 4.07. The van der Waals surface area contributed by atoms with Crippen LogP contribution in [0.25, 0.3) is 0 Å². The molecular weight excluding hydrogens is 336 g/mol. The number of nitrogens with two attached hydrogens (primary N) is 1. The van der Waals surface area contributed by atoms with E-state index < -0.39 is 0 Å². The lowest BCUT2D eigenvalue weighted by Crippen LogP contribution is -2.15. The molecule has 2 aromatic carbocycles. The zero-order valence-corrected chi connectivity index (χ0v) is 13.4. The van der Waals surface area contributed by atoms with Crippen molar-refractivity contribution < 1.29 is 4.79 Å². The second-order valence-corrected chi connectivity index (χ2v) is 6.23. The van der Waals surface area contributed by atoms with E-state index in [2.05, 4.69) is 21.2 Å². The average molecular weight is 351 g/mol. The molecule has 0 saturated carbocycles. The first kappa shape index (κ1) is 14.9. The number of carbonyl (C=O) groups is 1. The summed E-state index contributed by atoms with van der Waals surface area (Å²) in [5, 5.41) is 2.83. The van der Waals surface area contributed by atoms with Crippen LogP contribution in [0.4, 0.5) is 11.4 Å². The number of hydrogen-bond donors (Lipinski definition) is 2. The van der Waals surface area contributed by atoms with Gasteiger partial charge in [0.05, 0.1) is 17.1 Å². The first-order valence-corrected chi connectivity index (χ1v) is 7.87. The summed E-state index contributed by atoms with van der Waals surface area (Å²) in [6, 6.07) is 13.4. The van der Waals surface area contributed by atoms with E-state index in [1.54, 1.807) is 0 Å². The maximum Gasteiger partial charge on any atom is 0.234 e.